The van der Waals surface area contributed by atoms with E-state index >= 15 is 0 Å². The molecule has 114 valence electrons. The van der Waals surface area contributed by atoms with Gasteiger partial charge in [0.1, 0.15) is 9.97 Å². The molecule has 0 unspecified atom stereocenters. The predicted molar refractivity (Wildman–Crippen MR) is 79.0 cm³/mol. The molecule has 0 saturated heterocycles. The zero-order chi connectivity index (χ0) is 15.6. The van der Waals surface area contributed by atoms with Crippen LogP contribution < -0.4 is 10.0 Å². The fraction of sp³-hybridized carbons (Fsp3) is 0.273. The number of anilines is 1. The van der Waals surface area contributed by atoms with Gasteiger partial charge in [-0.25, -0.2) is 8.42 Å². The Morgan fingerprint density at radius 2 is 2.19 bits per heavy atom. The predicted octanol–water partition coefficient (Wildman–Crippen LogP) is 2.00. The van der Waals surface area contributed by atoms with Crippen LogP contribution in [0.5, 0.6) is 0 Å². The first-order valence-corrected chi connectivity index (χ1v) is 8.47. The maximum Gasteiger partial charge on any atom is 0.250 e. The molecular weight excluding hydrogens is 338 g/mol. The lowest BCUT2D eigenvalue weighted by Gasteiger charge is -2.12. The van der Waals surface area contributed by atoms with Crippen LogP contribution in [-0.2, 0) is 14.8 Å². The number of thiophene rings is 1. The van der Waals surface area contributed by atoms with Gasteiger partial charge in [0.05, 0.1) is 10.4 Å². The molecule has 0 aliphatic heterocycles. The fourth-order valence-electron chi connectivity index (χ4n) is 1.45. The van der Waals surface area contributed by atoms with Crippen molar-refractivity contribution in [3.8, 4) is 0 Å². The third-order valence-corrected chi connectivity index (χ3v) is 5.68. The summed E-state index contributed by atoms with van der Waals surface area (Å²) in [6, 6.07) is 3.40. The van der Waals surface area contributed by atoms with E-state index in [1.54, 1.807) is 6.92 Å². The summed E-state index contributed by atoms with van der Waals surface area (Å²) >= 11 is 6.62. The van der Waals surface area contributed by atoms with E-state index in [1.807, 2.05) is 0 Å². The number of aryl methyl sites for hydroxylation is 1. The Hall–Kier alpha value is -1.42. The van der Waals surface area contributed by atoms with Crippen molar-refractivity contribution in [3.05, 3.63) is 28.3 Å². The lowest BCUT2D eigenvalue weighted by molar-refractivity contribution is -0.117. The molecule has 0 fully saturated rings. The fourth-order valence-corrected chi connectivity index (χ4v) is 4.15. The van der Waals surface area contributed by atoms with Crippen LogP contribution in [0.3, 0.4) is 0 Å². The van der Waals surface area contributed by atoms with Crippen molar-refractivity contribution in [1.82, 2.24) is 9.88 Å². The van der Waals surface area contributed by atoms with Gasteiger partial charge >= 0.3 is 0 Å². The molecule has 0 bridgehead atoms. The molecule has 0 spiro atoms. The van der Waals surface area contributed by atoms with Crippen LogP contribution in [0.1, 0.15) is 12.7 Å². The molecule has 1 atom stereocenters. The van der Waals surface area contributed by atoms with E-state index < -0.39 is 22.0 Å². The largest absolute Gasteiger partial charge is 0.360 e. The Balaban J connectivity index is 2.03. The van der Waals surface area contributed by atoms with Crippen molar-refractivity contribution >= 4 is 44.7 Å². The van der Waals surface area contributed by atoms with E-state index in [1.165, 1.54) is 25.1 Å². The molecule has 10 heteroatoms. The lowest BCUT2D eigenvalue weighted by Crippen LogP contribution is -2.41. The Bertz CT molecular complexity index is 753. The molecule has 0 aliphatic carbocycles. The molecule has 0 radical (unpaired) electrons. The van der Waals surface area contributed by atoms with E-state index in [0.29, 0.717) is 10.1 Å². The number of amides is 1. The Kier molecular flexibility index (Phi) is 4.67. The Morgan fingerprint density at radius 3 is 2.71 bits per heavy atom. The third-order valence-electron chi connectivity index (χ3n) is 2.42. The smallest absolute Gasteiger partial charge is 0.250 e. The van der Waals surface area contributed by atoms with Gasteiger partial charge in [0, 0.05) is 6.07 Å². The first-order chi connectivity index (χ1) is 9.78. The number of carbonyl (C=O) groups excluding carboxylic acids is 1. The van der Waals surface area contributed by atoms with Gasteiger partial charge in [0.25, 0.3) is 10.0 Å². The van der Waals surface area contributed by atoms with E-state index in [0.717, 1.165) is 11.3 Å². The van der Waals surface area contributed by atoms with Crippen LogP contribution >= 0.6 is 22.9 Å². The summed E-state index contributed by atoms with van der Waals surface area (Å²) in [5.41, 5.74) is 0. The second kappa shape index (κ2) is 6.14. The number of sulfonamides is 1. The maximum absolute atomic E-state index is 12.0. The molecule has 2 rings (SSSR count). The highest BCUT2D eigenvalue weighted by atomic mass is 35.5. The number of hydrogen-bond donors (Lipinski definition) is 2. The van der Waals surface area contributed by atoms with E-state index in [-0.39, 0.29) is 10.0 Å². The van der Waals surface area contributed by atoms with Crippen LogP contribution in [-0.4, -0.2) is 25.5 Å². The highest BCUT2D eigenvalue weighted by Crippen LogP contribution is 2.25. The first-order valence-electron chi connectivity index (χ1n) is 5.80. The van der Waals surface area contributed by atoms with E-state index in [4.69, 9.17) is 16.1 Å². The molecular formula is C11H12ClN3O4S2. The number of hydrogen-bond acceptors (Lipinski definition) is 6. The quantitative estimate of drug-likeness (QED) is 0.859. The number of halogens is 1. The van der Waals surface area contributed by atoms with Crippen LogP contribution in [0.15, 0.2) is 26.9 Å². The average Bonchev–Trinajstić information content (AvgIpc) is 2.98. The van der Waals surface area contributed by atoms with Gasteiger partial charge in [0.15, 0.2) is 5.82 Å². The molecule has 0 saturated carbocycles. The van der Waals surface area contributed by atoms with Crippen molar-refractivity contribution in [3.63, 3.8) is 0 Å². The van der Waals surface area contributed by atoms with Crippen molar-refractivity contribution in [2.45, 2.75) is 24.1 Å². The van der Waals surface area contributed by atoms with Crippen molar-refractivity contribution in [1.29, 1.82) is 0 Å². The summed E-state index contributed by atoms with van der Waals surface area (Å²) in [6.45, 7) is 3.10. The van der Waals surface area contributed by atoms with Crippen molar-refractivity contribution in [2.75, 3.05) is 5.32 Å². The minimum atomic E-state index is -3.79. The summed E-state index contributed by atoms with van der Waals surface area (Å²) < 4.78 is 31.6. The molecule has 2 aromatic heterocycles. The number of rotatable bonds is 5. The highest BCUT2D eigenvalue weighted by molar-refractivity contribution is 7.91. The van der Waals surface area contributed by atoms with E-state index in [9.17, 15) is 13.2 Å². The Morgan fingerprint density at radius 1 is 1.48 bits per heavy atom. The molecule has 0 aromatic carbocycles. The van der Waals surface area contributed by atoms with Gasteiger partial charge in [-0.1, -0.05) is 16.8 Å². The molecule has 2 N–H and O–H groups in total. The molecule has 0 aliphatic rings. The monoisotopic (exact) mass is 349 g/mol. The summed E-state index contributed by atoms with van der Waals surface area (Å²) in [5.74, 6) is 0.212. The van der Waals surface area contributed by atoms with Gasteiger partial charge in [-0.05, 0) is 26.0 Å². The number of aromatic nitrogens is 1. The summed E-state index contributed by atoms with van der Waals surface area (Å²) in [7, 11) is -3.79. The van der Waals surface area contributed by atoms with Crippen molar-refractivity contribution < 1.29 is 17.7 Å². The standard InChI is InChI=1S/C11H12ClN3O4S2/c1-6-5-9(14-19-6)13-11(16)7(2)15-21(17,18)10-4-3-8(12)20-10/h3-5,7,15H,1-2H3,(H,13,14,16)/t7-/m1/s1. The zero-order valence-electron chi connectivity index (χ0n) is 11.1. The second-order valence-electron chi connectivity index (χ2n) is 4.21. The normalized spacial score (nSPS) is 13.1. The molecule has 21 heavy (non-hydrogen) atoms. The number of nitrogens with one attached hydrogen (secondary N) is 2. The van der Waals surface area contributed by atoms with Gasteiger partial charge in [-0.2, -0.15) is 4.72 Å². The summed E-state index contributed by atoms with van der Waals surface area (Å²) in [6.07, 6.45) is 0. The Labute approximate surface area is 130 Å². The van der Waals surface area contributed by atoms with Crippen LogP contribution in [0.2, 0.25) is 4.34 Å². The van der Waals surface area contributed by atoms with Gasteiger partial charge in [-0.15, -0.1) is 11.3 Å². The number of carbonyl (C=O) groups is 1. The molecule has 2 aromatic rings. The summed E-state index contributed by atoms with van der Waals surface area (Å²) in [5, 5.41) is 6.04. The molecule has 7 nitrogen and oxygen atoms in total. The SMILES string of the molecule is Cc1cc(NC(=O)[C@@H](C)NS(=O)(=O)c2ccc(Cl)s2)no1. The van der Waals surface area contributed by atoms with Crippen LogP contribution in [0.4, 0.5) is 5.82 Å². The average molecular weight is 350 g/mol. The topological polar surface area (TPSA) is 101 Å². The van der Waals surface area contributed by atoms with Gasteiger partial charge in [-0.3, -0.25) is 4.79 Å². The lowest BCUT2D eigenvalue weighted by atomic mass is 10.3. The van der Waals surface area contributed by atoms with E-state index in [2.05, 4.69) is 15.2 Å². The van der Waals surface area contributed by atoms with Crippen molar-refractivity contribution in [2.24, 2.45) is 0 Å². The van der Waals surface area contributed by atoms with Gasteiger partial charge < -0.3 is 9.84 Å². The highest BCUT2D eigenvalue weighted by Gasteiger charge is 2.24. The van der Waals surface area contributed by atoms with Gasteiger partial charge in [0.2, 0.25) is 5.91 Å². The molecule has 2 heterocycles. The first kappa shape index (κ1) is 16.0. The zero-order valence-corrected chi connectivity index (χ0v) is 13.5. The minimum absolute atomic E-state index is 0.0458. The maximum atomic E-state index is 12.0. The van der Waals surface area contributed by atoms with Crippen LogP contribution in [0.25, 0.3) is 0 Å². The third kappa shape index (κ3) is 4.03. The second-order valence-corrected chi connectivity index (χ2v) is 7.87. The van der Waals surface area contributed by atoms with Crippen LogP contribution in [0, 0.1) is 6.92 Å². The summed E-state index contributed by atoms with van der Waals surface area (Å²) in [4.78, 5) is 11.9. The number of nitrogens with zero attached hydrogens (tertiary/aromatic N) is 1. The molecule has 1 amide bonds. The minimum Gasteiger partial charge on any atom is -0.360 e.